The molecule has 1 aromatic heterocycles. The van der Waals surface area contributed by atoms with Crippen molar-refractivity contribution in [2.24, 2.45) is 17.3 Å². The normalized spacial score (nSPS) is 11.4. The quantitative estimate of drug-likeness (QED) is 0.722. The van der Waals surface area contributed by atoms with Gasteiger partial charge < -0.3 is 9.67 Å². The van der Waals surface area contributed by atoms with Crippen LogP contribution in [0.1, 0.15) is 15.9 Å². The van der Waals surface area contributed by atoms with Crippen LogP contribution in [0.5, 0.6) is 5.88 Å². The lowest BCUT2D eigenvalue weighted by Gasteiger charge is -1.96. The summed E-state index contributed by atoms with van der Waals surface area (Å²) < 4.78 is 1.62. The van der Waals surface area contributed by atoms with Crippen molar-refractivity contribution in [3.63, 3.8) is 0 Å². The molecule has 5 heteroatoms. The summed E-state index contributed by atoms with van der Waals surface area (Å²) in [5.74, 6) is -0.449. The number of carbonyl (C=O) groups is 1. The van der Waals surface area contributed by atoms with Crippen molar-refractivity contribution in [1.82, 2.24) is 4.57 Å². The van der Waals surface area contributed by atoms with Gasteiger partial charge in [0, 0.05) is 18.0 Å². The molecule has 22 heavy (non-hydrogen) atoms. The van der Waals surface area contributed by atoms with E-state index < -0.39 is 5.91 Å². The Kier molecular flexibility index (Phi) is 3.47. The molecule has 0 saturated heterocycles. The Labute approximate surface area is 127 Å². The van der Waals surface area contributed by atoms with Crippen LogP contribution in [0.25, 0.3) is 10.9 Å². The van der Waals surface area contributed by atoms with Crippen molar-refractivity contribution < 1.29 is 9.90 Å². The van der Waals surface area contributed by atoms with Gasteiger partial charge in [0.1, 0.15) is 0 Å². The Morgan fingerprint density at radius 2 is 1.86 bits per heavy atom. The van der Waals surface area contributed by atoms with E-state index in [2.05, 4.69) is 10.2 Å². The second-order valence-corrected chi connectivity index (χ2v) is 5.12. The zero-order valence-electron chi connectivity index (χ0n) is 12.3. The molecule has 0 unspecified atom stereocenters. The van der Waals surface area contributed by atoms with Crippen LogP contribution in [-0.2, 0) is 7.05 Å². The highest BCUT2D eigenvalue weighted by Crippen LogP contribution is 2.38. The fourth-order valence-electron chi connectivity index (χ4n) is 2.36. The third kappa shape index (κ3) is 2.37. The van der Waals surface area contributed by atoms with E-state index in [0.717, 1.165) is 16.5 Å². The van der Waals surface area contributed by atoms with Gasteiger partial charge in [-0.2, -0.15) is 0 Å². The van der Waals surface area contributed by atoms with E-state index in [9.17, 15) is 9.90 Å². The Morgan fingerprint density at radius 3 is 2.59 bits per heavy atom. The summed E-state index contributed by atoms with van der Waals surface area (Å²) in [7, 11) is 1.74. The zero-order chi connectivity index (χ0) is 15.7. The number of fused-ring (bicyclic) bond motifs is 1. The van der Waals surface area contributed by atoms with Crippen LogP contribution in [0.3, 0.4) is 0 Å². The number of aromatic nitrogens is 1. The van der Waals surface area contributed by atoms with Gasteiger partial charge in [-0.15, -0.1) is 10.2 Å². The van der Waals surface area contributed by atoms with E-state index in [1.165, 1.54) is 0 Å². The van der Waals surface area contributed by atoms with E-state index in [1.807, 2.05) is 31.2 Å². The largest absolute Gasteiger partial charge is 0.493 e. The lowest BCUT2D eigenvalue weighted by Crippen LogP contribution is -1.91. The van der Waals surface area contributed by atoms with E-state index >= 15 is 0 Å². The number of rotatable bonds is 2. The molecule has 5 nitrogen and oxygen atoms in total. The van der Waals surface area contributed by atoms with E-state index in [-0.39, 0.29) is 5.88 Å². The molecule has 110 valence electrons. The maximum atomic E-state index is 12.0. The SMILES string of the molecule is Cc1ccc2c(c1)c(N=NC(=O)c1ccccc1)c(O)n2C. The molecular weight excluding hydrogens is 278 g/mol. The highest BCUT2D eigenvalue weighted by atomic mass is 16.3. The van der Waals surface area contributed by atoms with Gasteiger partial charge in [0.25, 0.3) is 5.91 Å². The first-order valence-corrected chi connectivity index (χ1v) is 6.87. The summed E-state index contributed by atoms with van der Waals surface area (Å²) in [4.78, 5) is 12.0. The van der Waals surface area contributed by atoms with Crippen LogP contribution >= 0.6 is 0 Å². The average molecular weight is 293 g/mol. The van der Waals surface area contributed by atoms with Crippen LogP contribution < -0.4 is 0 Å². The third-order valence-corrected chi connectivity index (χ3v) is 3.56. The van der Waals surface area contributed by atoms with Gasteiger partial charge in [-0.25, -0.2) is 0 Å². The standard InChI is InChI=1S/C17H15N3O2/c1-11-8-9-14-13(10-11)15(17(22)20(14)2)18-19-16(21)12-6-4-3-5-7-12/h3-10,22H,1-2H3. The fraction of sp³-hybridized carbons (Fsp3) is 0.118. The van der Waals surface area contributed by atoms with Crippen LogP contribution in [0.2, 0.25) is 0 Å². The predicted octanol–water partition coefficient (Wildman–Crippen LogP) is 4.12. The molecule has 1 N–H and O–H groups in total. The smallest absolute Gasteiger partial charge is 0.295 e. The number of benzene rings is 2. The summed E-state index contributed by atoms with van der Waals surface area (Å²) in [5, 5.41) is 18.7. The van der Waals surface area contributed by atoms with Gasteiger partial charge in [0.15, 0.2) is 5.69 Å². The van der Waals surface area contributed by atoms with Crippen LogP contribution in [0.4, 0.5) is 5.69 Å². The van der Waals surface area contributed by atoms with Gasteiger partial charge in [-0.1, -0.05) is 29.8 Å². The Morgan fingerprint density at radius 1 is 1.14 bits per heavy atom. The third-order valence-electron chi connectivity index (χ3n) is 3.56. The molecule has 2 aromatic carbocycles. The molecule has 0 bridgehead atoms. The summed E-state index contributed by atoms with van der Waals surface area (Å²) in [6.45, 7) is 1.96. The number of nitrogens with zero attached hydrogens (tertiary/aromatic N) is 3. The summed E-state index contributed by atoms with van der Waals surface area (Å²) >= 11 is 0. The molecule has 0 aliphatic carbocycles. The molecule has 3 rings (SSSR count). The van der Waals surface area contributed by atoms with Gasteiger partial charge in [0.05, 0.1) is 5.52 Å². The monoisotopic (exact) mass is 293 g/mol. The van der Waals surface area contributed by atoms with Crippen molar-refractivity contribution >= 4 is 22.5 Å². The number of aromatic hydroxyl groups is 1. The Bertz CT molecular complexity index is 880. The first-order valence-electron chi connectivity index (χ1n) is 6.87. The molecule has 0 radical (unpaired) electrons. The molecule has 0 spiro atoms. The minimum atomic E-state index is -0.440. The van der Waals surface area contributed by atoms with Gasteiger partial charge in [-0.3, -0.25) is 4.79 Å². The van der Waals surface area contributed by atoms with Crippen molar-refractivity contribution in [2.75, 3.05) is 0 Å². The molecule has 1 heterocycles. The fourth-order valence-corrected chi connectivity index (χ4v) is 2.36. The molecule has 1 amide bonds. The maximum absolute atomic E-state index is 12.0. The van der Waals surface area contributed by atoms with Crippen LogP contribution in [0, 0.1) is 6.92 Å². The molecule has 0 atom stereocenters. The molecule has 0 aliphatic rings. The molecule has 0 fully saturated rings. The van der Waals surface area contributed by atoms with Gasteiger partial charge >= 0.3 is 0 Å². The second-order valence-electron chi connectivity index (χ2n) is 5.12. The van der Waals surface area contributed by atoms with Gasteiger partial charge in [0.2, 0.25) is 5.88 Å². The first kappa shape index (κ1) is 14.0. The average Bonchev–Trinajstić information content (AvgIpc) is 2.77. The van der Waals surface area contributed by atoms with Gasteiger partial charge in [-0.05, 0) is 31.2 Å². The van der Waals surface area contributed by atoms with E-state index in [1.54, 1.807) is 35.9 Å². The lowest BCUT2D eigenvalue weighted by molar-refractivity contribution is 0.0995. The lowest BCUT2D eigenvalue weighted by atomic mass is 10.1. The Balaban J connectivity index is 2.04. The molecule has 0 saturated carbocycles. The Hall–Kier alpha value is -2.95. The molecular formula is C17H15N3O2. The van der Waals surface area contributed by atoms with Crippen molar-refractivity contribution in [1.29, 1.82) is 0 Å². The number of azo groups is 1. The predicted molar refractivity (Wildman–Crippen MR) is 84.6 cm³/mol. The van der Waals surface area contributed by atoms with Crippen molar-refractivity contribution in [2.45, 2.75) is 6.92 Å². The minimum absolute atomic E-state index is 0.00906. The van der Waals surface area contributed by atoms with Crippen LogP contribution in [-0.4, -0.2) is 15.6 Å². The van der Waals surface area contributed by atoms with Crippen LogP contribution in [0.15, 0.2) is 58.8 Å². The number of hydrogen-bond donors (Lipinski definition) is 1. The van der Waals surface area contributed by atoms with E-state index in [0.29, 0.717) is 11.3 Å². The molecule has 0 aliphatic heterocycles. The topological polar surface area (TPSA) is 66.9 Å². The number of amides is 1. The highest BCUT2D eigenvalue weighted by Gasteiger charge is 2.15. The van der Waals surface area contributed by atoms with E-state index in [4.69, 9.17) is 0 Å². The highest BCUT2D eigenvalue weighted by molar-refractivity contribution is 5.97. The second kappa shape index (κ2) is 5.44. The van der Waals surface area contributed by atoms with Crippen molar-refractivity contribution in [3.05, 3.63) is 59.7 Å². The number of aryl methyl sites for hydroxylation is 2. The zero-order valence-corrected chi connectivity index (χ0v) is 12.3. The summed E-state index contributed by atoms with van der Waals surface area (Å²) in [6, 6.07) is 14.5. The molecule has 3 aromatic rings. The minimum Gasteiger partial charge on any atom is -0.493 e. The summed E-state index contributed by atoms with van der Waals surface area (Å²) in [5.41, 5.74) is 2.65. The van der Waals surface area contributed by atoms with Crippen molar-refractivity contribution in [3.8, 4) is 5.88 Å². The number of carbonyl (C=O) groups excluding carboxylic acids is 1. The summed E-state index contributed by atoms with van der Waals surface area (Å²) in [6.07, 6.45) is 0. The maximum Gasteiger partial charge on any atom is 0.295 e. The first-order chi connectivity index (χ1) is 10.6. The number of hydrogen-bond acceptors (Lipinski definition) is 3.